The van der Waals surface area contributed by atoms with Crippen molar-refractivity contribution in [3.05, 3.63) is 24.2 Å². The molecule has 3 rings (SSSR count). The highest BCUT2D eigenvalue weighted by Crippen LogP contribution is 2.34. The van der Waals surface area contributed by atoms with Crippen LogP contribution in [0.2, 0.25) is 0 Å². The lowest BCUT2D eigenvalue weighted by Gasteiger charge is -2.28. The monoisotopic (exact) mass is 223 g/mol. The van der Waals surface area contributed by atoms with E-state index in [2.05, 4.69) is 23.1 Å². The lowest BCUT2D eigenvalue weighted by atomic mass is 10.1. The van der Waals surface area contributed by atoms with Gasteiger partial charge < -0.3 is 9.73 Å². The summed E-state index contributed by atoms with van der Waals surface area (Å²) in [7, 11) is 0. The second-order valence-corrected chi connectivity index (χ2v) is 5.91. The van der Waals surface area contributed by atoms with E-state index in [1.54, 1.807) is 6.26 Å². The van der Waals surface area contributed by atoms with Crippen molar-refractivity contribution in [2.24, 2.45) is 0 Å². The van der Waals surface area contributed by atoms with E-state index in [-0.39, 0.29) is 0 Å². The van der Waals surface area contributed by atoms with Gasteiger partial charge in [-0.2, -0.15) is 11.8 Å². The minimum atomic E-state index is 0.804. The predicted octanol–water partition coefficient (Wildman–Crippen LogP) is 2.80. The highest BCUT2D eigenvalue weighted by molar-refractivity contribution is 7.99. The van der Waals surface area contributed by atoms with Crippen LogP contribution in [0.5, 0.6) is 0 Å². The Morgan fingerprint density at radius 2 is 2.13 bits per heavy atom. The van der Waals surface area contributed by atoms with Crippen molar-refractivity contribution in [1.29, 1.82) is 0 Å². The molecule has 0 aliphatic carbocycles. The van der Waals surface area contributed by atoms with E-state index in [1.165, 1.54) is 25.7 Å². The Balaban J connectivity index is 1.52. The Morgan fingerprint density at radius 3 is 2.80 bits per heavy atom. The second kappa shape index (κ2) is 4.22. The van der Waals surface area contributed by atoms with E-state index < -0.39 is 0 Å². The summed E-state index contributed by atoms with van der Waals surface area (Å²) in [5, 5.41) is 4.52. The summed E-state index contributed by atoms with van der Waals surface area (Å²) in [5.41, 5.74) is 0. The zero-order chi connectivity index (χ0) is 10.1. The average molecular weight is 223 g/mol. The molecule has 1 aromatic rings. The molecular formula is C12H17NOS. The van der Waals surface area contributed by atoms with Crippen molar-refractivity contribution in [2.75, 3.05) is 0 Å². The van der Waals surface area contributed by atoms with Gasteiger partial charge in [0.1, 0.15) is 5.76 Å². The van der Waals surface area contributed by atoms with Gasteiger partial charge in [0.05, 0.1) is 12.0 Å². The molecule has 0 saturated carbocycles. The van der Waals surface area contributed by atoms with Crippen molar-refractivity contribution < 1.29 is 4.42 Å². The van der Waals surface area contributed by atoms with Gasteiger partial charge in [-0.1, -0.05) is 0 Å². The molecular weight excluding hydrogens is 206 g/mol. The van der Waals surface area contributed by atoms with Gasteiger partial charge in [-0.05, 0) is 37.8 Å². The van der Waals surface area contributed by atoms with Crippen LogP contribution in [0.3, 0.4) is 0 Å². The van der Waals surface area contributed by atoms with E-state index in [0.29, 0.717) is 0 Å². The lowest BCUT2D eigenvalue weighted by Crippen LogP contribution is -2.39. The number of nitrogens with one attached hydrogen (secondary N) is 1. The highest BCUT2D eigenvalue weighted by atomic mass is 32.2. The maximum absolute atomic E-state index is 5.36. The maximum Gasteiger partial charge on any atom is 0.113 e. The molecule has 2 fully saturated rings. The Bertz CT molecular complexity index is 299. The smallest absolute Gasteiger partial charge is 0.113 e. The van der Waals surface area contributed by atoms with Crippen LogP contribution in [0.4, 0.5) is 0 Å². The second-order valence-electron chi connectivity index (χ2n) is 4.62. The first-order chi connectivity index (χ1) is 7.40. The van der Waals surface area contributed by atoms with E-state index >= 15 is 0 Å². The van der Waals surface area contributed by atoms with E-state index in [1.807, 2.05) is 6.07 Å². The number of furan rings is 1. The summed E-state index contributed by atoms with van der Waals surface area (Å²) in [6.07, 6.45) is 7.25. The van der Waals surface area contributed by atoms with Crippen molar-refractivity contribution in [2.45, 2.75) is 48.8 Å². The minimum absolute atomic E-state index is 0.804. The summed E-state index contributed by atoms with van der Waals surface area (Å²) in [5.74, 6) is 2.16. The van der Waals surface area contributed by atoms with E-state index in [0.717, 1.165) is 28.8 Å². The van der Waals surface area contributed by atoms with Gasteiger partial charge in [0.25, 0.3) is 0 Å². The number of hydrogen-bond acceptors (Lipinski definition) is 3. The molecule has 0 amide bonds. The van der Waals surface area contributed by atoms with E-state index in [4.69, 9.17) is 4.42 Å². The molecule has 1 N–H and O–H groups in total. The van der Waals surface area contributed by atoms with E-state index in [9.17, 15) is 0 Å². The molecule has 2 aliphatic heterocycles. The molecule has 2 atom stereocenters. The van der Waals surface area contributed by atoms with Crippen LogP contribution in [-0.2, 0) is 5.75 Å². The van der Waals surface area contributed by atoms with Crippen molar-refractivity contribution in [3.8, 4) is 0 Å². The first-order valence-corrected chi connectivity index (χ1v) is 6.85. The molecule has 0 spiro atoms. The molecule has 2 saturated heterocycles. The Hall–Kier alpha value is -0.410. The number of fused-ring (bicyclic) bond motifs is 2. The number of piperidine rings is 1. The molecule has 3 heterocycles. The number of thioether (sulfide) groups is 1. The minimum Gasteiger partial charge on any atom is -0.468 e. The summed E-state index contributed by atoms with van der Waals surface area (Å²) in [4.78, 5) is 0. The number of rotatable bonds is 3. The Labute approximate surface area is 94.8 Å². The fraction of sp³-hybridized carbons (Fsp3) is 0.667. The van der Waals surface area contributed by atoms with Crippen LogP contribution < -0.4 is 5.32 Å². The lowest BCUT2D eigenvalue weighted by molar-refractivity contribution is 0.414. The molecule has 2 bridgehead atoms. The van der Waals surface area contributed by atoms with Gasteiger partial charge in [0.15, 0.2) is 0 Å². The molecule has 0 aromatic carbocycles. The molecule has 0 unspecified atom stereocenters. The van der Waals surface area contributed by atoms with Crippen LogP contribution in [0.15, 0.2) is 22.8 Å². The van der Waals surface area contributed by atoms with Gasteiger partial charge in [-0.25, -0.2) is 0 Å². The first-order valence-electron chi connectivity index (χ1n) is 5.80. The van der Waals surface area contributed by atoms with Crippen molar-refractivity contribution in [3.63, 3.8) is 0 Å². The quantitative estimate of drug-likeness (QED) is 0.853. The molecule has 2 nitrogen and oxygen atoms in total. The van der Waals surface area contributed by atoms with Crippen LogP contribution in [0.1, 0.15) is 31.4 Å². The molecule has 1 aromatic heterocycles. The zero-order valence-electron chi connectivity index (χ0n) is 8.82. The molecule has 82 valence electrons. The SMILES string of the molecule is c1coc(CSC2C[C@H]3CC[C@H](C2)N3)c1. The summed E-state index contributed by atoms with van der Waals surface area (Å²) >= 11 is 2.07. The fourth-order valence-corrected chi connectivity index (χ4v) is 4.04. The largest absolute Gasteiger partial charge is 0.468 e. The molecule has 2 aliphatic rings. The standard InChI is InChI=1S/C12H17NOS/c1-2-11(14-5-1)8-15-12-6-9-3-4-10(7-12)13-9/h1-2,5,9-10,12-13H,3-4,6-8H2/t9-,10-/m1/s1. The van der Waals surface area contributed by atoms with Crippen LogP contribution in [-0.4, -0.2) is 17.3 Å². The van der Waals surface area contributed by atoms with Gasteiger partial charge in [-0.3, -0.25) is 0 Å². The van der Waals surface area contributed by atoms with Gasteiger partial charge in [0, 0.05) is 17.3 Å². The topological polar surface area (TPSA) is 25.2 Å². The maximum atomic E-state index is 5.36. The van der Waals surface area contributed by atoms with Gasteiger partial charge in [-0.15, -0.1) is 0 Å². The number of hydrogen-bond donors (Lipinski definition) is 1. The van der Waals surface area contributed by atoms with Crippen molar-refractivity contribution in [1.82, 2.24) is 5.32 Å². The average Bonchev–Trinajstić information content (AvgIpc) is 2.86. The molecule has 3 heteroatoms. The third-order valence-electron chi connectivity index (χ3n) is 3.47. The third-order valence-corrected chi connectivity index (χ3v) is 4.78. The highest BCUT2D eigenvalue weighted by Gasteiger charge is 2.33. The normalized spacial score (nSPS) is 34.5. The molecule has 0 radical (unpaired) electrons. The van der Waals surface area contributed by atoms with Gasteiger partial charge in [0.2, 0.25) is 0 Å². The van der Waals surface area contributed by atoms with Crippen LogP contribution in [0, 0.1) is 0 Å². The fourth-order valence-electron chi connectivity index (χ4n) is 2.74. The summed E-state index contributed by atoms with van der Waals surface area (Å²) in [6.45, 7) is 0. The zero-order valence-corrected chi connectivity index (χ0v) is 9.63. The van der Waals surface area contributed by atoms with Crippen LogP contribution in [0.25, 0.3) is 0 Å². The summed E-state index contributed by atoms with van der Waals surface area (Å²) < 4.78 is 5.36. The van der Waals surface area contributed by atoms with Gasteiger partial charge >= 0.3 is 0 Å². The van der Waals surface area contributed by atoms with Crippen LogP contribution >= 0.6 is 11.8 Å². The molecule has 15 heavy (non-hydrogen) atoms. The first kappa shape index (κ1) is 9.79. The predicted molar refractivity (Wildman–Crippen MR) is 63.0 cm³/mol. The third kappa shape index (κ3) is 2.23. The summed E-state index contributed by atoms with van der Waals surface area (Å²) in [6, 6.07) is 5.65. The Morgan fingerprint density at radius 1 is 1.33 bits per heavy atom. The van der Waals surface area contributed by atoms with Crippen molar-refractivity contribution >= 4 is 11.8 Å². The Kier molecular flexibility index (Phi) is 2.76.